The van der Waals surface area contributed by atoms with Crippen LogP contribution in [0.4, 0.5) is 11.6 Å². The highest BCUT2D eigenvalue weighted by Crippen LogP contribution is 2.46. The lowest BCUT2D eigenvalue weighted by atomic mass is 9.65. The van der Waals surface area contributed by atoms with Gasteiger partial charge in [-0.25, -0.2) is 4.98 Å². The van der Waals surface area contributed by atoms with E-state index in [2.05, 4.69) is 15.3 Å². The van der Waals surface area contributed by atoms with Crippen molar-refractivity contribution in [3.63, 3.8) is 0 Å². The Labute approximate surface area is 122 Å². The standard InChI is InChI=1S/C15H18N4O2/c16-14-18-11-3-2-10(8-12(11)19-14)17-13(21)9-15(6-7-20)4-1-5-15/h2-3,7-8H,1,4-6,9H2,(H,17,21)(H3,16,18,19). The molecule has 1 aromatic carbocycles. The number of nitrogen functional groups attached to an aromatic ring is 1. The summed E-state index contributed by atoms with van der Waals surface area (Å²) in [5, 5.41) is 2.88. The van der Waals surface area contributed by atoms with Gasteiger partial charge >= 0.3 is 0 Å². The van der Waals surface area contributed by atoms with E-state index in [9.17, 15) is 9.59 Å². The summed E-state index contributed by atoms with van der Waals surface area (Å²) in [7, 11) is 0. The molecule has 21 heavy (non-hydrogen) atoms. The molecule has 6 nitrogen and oxygen atoms in total. The highest BCUT2D eigenvalue weighted by atomic mass is 16.1. The molecule has 0 bridgehead atoms. The fraction of sp³-hybridized carbons (Fsp3) is 0.400. The number of nitrogens with zero attached hydrogens (tertiary/aromatic N) is 1. The topological polar surface area (TPSA) is 101 Å². The monoisotopic (exact) mass is 286 g/mol. The Hall–Kier alpha value is -2.37. The van der Waals surface area contributed by atoms with Crippen molar-refractivity contribution in [1.29, 1.82) is 0 Å². The molecule has 1 fully saturated rings. The van der Waals surface area contributed by atoms with Gasteiger partial charge in [0.05, 0.1) is 11.0 Å². The number of hydrogen-bond acceptors (Lipinski definition) is 4. The fourth-order valence-electron chi connectivity index (χ4n) is 2.96. The largest absolute Gasteiger partial charge is 0.369 e. The van der Waals surface area contributed by atoms with E-state index in [-0.39, 0.29) is 11.3 Å². The van der Waals surface area contributed by atoms with Crippen molar-refractivity contribution >= 4 is 34.9 Å². The maximum Gasteiger partial charge on any atom is 0.224 e. The van der Waals surface area contributed by atoms with Crippen LogP contribution in [0.3, 0.4) is 0 Å². The molecule has 4 N–H and O–H groups in total. The van der Waals surface area contributed by atoms with Gasteiger partial charge in [0.25, 0.3) is 0 Å². The zero-order chi connectivity index (χ0) is 14.9. The molecule has 0 saturated heterocycles. The number of nitrogens with two attached hydrogens (primary N) is 1. The second-order valence-corrected chi connectivity index (χ2v) is 5.80. The van der Waals surface area contributed by atoms with E-state index >= 15 is 0 Å². The predicted molar refractivity (Wildman–Crippen MR) is 80.7 cm³/mol. The molecule has 110 valence electrons. The minimum Gasteiger partial charge on any atom is -0.369 e. The van der Waals surface area contributed by atoms with Crippen molar-refractivity contribution in [2.45, 2.75) is 32.1 Å². The van der Waals surface area contributed by atoms with Crippen LogP contribution >= 0.6 is 0 Å². The number of imidazole rings is 1. The first kappa shape index (κ1) is 13.6. The Morgan fingerprint density at radius 1 is 1.48 bits per heavy atom. The molecule has 2 aromatic rings. The number of hydrogen-bond donors (Lipinski definition) is 3. The summed E-state index contributed by atoms with van der Waals surface area (Å²) in [6.07, 6.45) is 4.79. The molecule has 1 saturated carbocycles. The second kappa shape index (κ2) is 5.20. The lowest BCUT2D eigenvalue weighted by Crippen LogP contribution is -2.34. The van der Waals surface area contributed by atoms with Crippen LogP contribution in [0, 0.1) is 5.41 Å². The summed E-state index contributed by atoms with van der Waals surface area (Å²) in [6, 6.07) is 5.42. The number of carbonyl (C=O) groups is 2. The Morgan fingerprint density at radius 2 is 2.29 bits per heavy atom. The van der Waals surface area contributed by atoms with Crippen LogP contribution in [-0.2, 0) is 9.59 Å². The number of aromatic nitrogens is 2. The summed E-state index contributed by atoms with van der Waals surface area (Å²) in [6.45, 7) is 0. The fourth-order valence-corrected chi connectivity index (χ4v) is 2.96. The van der Waals surface area contributed by atoms with E-state index in [0.717, 1.165) is 36.6 Å². The molecule has 6 heteroatoms. The maximum absolute atomic E-state index is 12.2. The molecule has 1 aliphatic rings. The van der Waals surface area contributed by atoms with Crippen molar-refractivity contribution in [1.82, 2.24) is 9.97 Å². The van der Waals surface area contributed by atoms with Crippen LogP contribution in [0.5, 0.6) is 0 Å². The average molecular weight is 286 g/mol. The van der Waals surface area contributed by atoms with Gasteiger partial charge in [0.1, 0.15) is 6.29 Å². The summed E-state index contributed by atoms with van der Waals surface area (Å²) >= 11 is 0. The number of carbonyl (C=O) groups excluding carboxylic acids is 2. The molecule has 0 unspecified atom stereocenters. The van der Waals surface area contributed by atoms with Gasteiger partial charge in [0, 0.05) is 18.5 Å². The smallest absolute Gasteiger partial charge is 0.224 e. The Kier molecular flexibility index (Phi) is 3.37. The Balaban J connectivity index is 1.69. The molecule has 1 amide bonds. The molecule has 1 heterocycles. The molecule has 3 rings (SSSR count). The third-order valence-corrected chi connectivity index (χ3v) is 4.25. The van der Waals surface area contributed by atoms with E-state index in [1.807, 2.05) is 12.1 Å². The number of benzene rings is 1. The molecule has 0 atom stereocenters. The number of anilines is 2. The quantitative estimate of drug-likeness (QED) is 0.734. The van der Waals surface area contributed by atoms with Crippen molar-refractivity contribution in [2.24, 2.45) is 5.41 Å². The van der Waals surface area contributed by atoms with E-state index < -0.39 is 0 Å². The molecule has 1 aromatic heterocycles. The Bertz CT molecular complexity index is 688. The van der Waals surface area contributed by atoms with Crippen LogP contribution in [-0.4, -0.2) is 22.2 Å². The van der Waals surface area contributed by atoms with Gasteiger partial charge in [-0.05, 0) is 36.5 Å². The third-order valence-electron chi connectivity index (χ3n) is 4.25. The first-order chi connectivity index (χ1) is 10.1. The lowest BCUT2D eigenvalue weighted by Gasteiger charge is -2.40. The predicted octanol–water partition coefficient (Wildman–Crippen LogP) is 2.23. The summed E-state index contributed by atoms with van der Waals surface area (Å²) in [5.74, 6) is 0.302. The first-order valence-electron chi connectivity index (χ1n) is 7.09. The van der Waals surface area contributed by atoms with Crippen molar-refractivity contribution in [3.8, 4) is 0 Å². The number of aromatic amines is 1. The Morgan fingerprint density at radius 3 is 2.95 bits per heavy atom. The summed E-state index contributed by atoms with van der Waals surface area (Å²) < 4.78 is 0. The SMILES string of the molecule is Nc1nc2ccc(NC(=O)CC3(CC=O)CCC3)cc2[nH]1. The van der Waals surface area contributed by atoms with Gasteiger partial charge in [-0.15, -0.1) is 0 Å². The van der Waals surface area contributed by atoms with E-state index in [1.165, 1.54) is 0 Å². The lowest BCUT2D eigenvalue weighted by molar-refractivity contribution is -0.121. The number of nitrogens with one attached hydrogen (secondary N) is 2. The van der Waals surface area contributed by atoms with E-state index in [4.69, 9.17) is 5.73 Å². The molecular formula is C15H18N4O2. The van der Waals surface area contributed by atoms with E-state index in [0.29, 0.717) is 24.5 Å². The van der Waals surface area contributed by atoms with E-state index in [1.54, 1.807) is 6.07 Å². The normalized spacial score (nSPS) is 16.4. The van der Waals surface area contributed by atoms with Crippen LogP contribution in [0.1, 0.15) is 32.1 Å². The van der Waals surface area contributed by atoms with Gasteiger partial charge in [0.15, 0.2) is 5.95 Å². The van der Waals surface area contributed by atoms with Crippen molar-refractivity contribution < 1.29 is 9.59 Å². The van der Waals surface area contributed by atoms with Gasteiger partial charge in [-0.3, -0.25) is 4.79 Å². The van der Waals surface area contributed by atoms with Crippen LogP contribution in [0.25, 0.3) is 11.0 Å². The van der Waals surface area contributed by atoms with Gasteiger partial charge < -0.3 is 20.8 Å². The number of H-pyrrole nitrogens is 1. The first-order valence-corrected chi connectivity index (χ1v) is 7.09. The molecular weight excluding hydrogens is 268 g/mol. The molecule has 0 aliphatic heterocycles. The zero-order valence-electron chi connectivity index (χ0n) is 11.7. The van der Waals surface area contributed by atoms with Gasteiger partial charge in [-0.1, -0.05) is 6.42 Å². The van der Waals surface area contributed by atoms with Crippen molar-refractivity contribution in [3.05, 3.63) is 18.2 Å². The molecule has 0 spiro atoms. The average Bonchev–Trinajstić information content (AvgIpc) is 2.75. The summed E-state index contributed by atoms with van der Waals surface area (Å²) in [5.41, 5.74) is 7.74. The zero-order valence-corrected chi connectivity index (χ0v) is 11.7. The maximum atomic E-state index is 12.2. The van der Waals surface area contributed by atoms with Crippen LogP contribution < -0.4 is 11.1 Å². The molecule has 0 radical (unpaired) electrons. The number of rotatable bonds is 5. The van der Waals surface area contributed by atoms with Crippen LogP contribution in [0.15, 0.2) is 18.2 Å². The number of amides is 1. The number of aldehydes is 1. The van der Waals surface area contributed by atoms with Gasteiger partial charge in [0.2, 0.25) is 5.91 Å². The number of fused-ring (bicyclic) bond motifs is 1. The van der Waals surface area contributed by atoms with Crippen molar-refractivity contribution in [2.75, 3.05) is 11.1 Å². The highest BCUT2D eigenvalue weighted by Gasteiger charge is 2.38. The minimum atomic E-state index is -0.117. The minimum absolute atomic E-state index is 0.0524. The van der Waals surface area contributed by atoms with Crippen LogP contribution in [0.2, 0.25) is 0 Å². The summed E-state index contributed by atoms with van der Waals surface area (Å²) in [4.78, 5) is 29.9. The third kappa shape index (κ3) is 2.74. The van der Waals surface area contributed by atoms with Gasteiger partial charge in [-0.2, -0.15) is 0 Å². The highest BCUT2D eigenvalue weighted by molar-refractivity contribution is 5.93. The second-order valence-electron chi connectivity index (χ2n) is 5.80. The molecule has 1 aliphatic carbocycles.